The minimum Gasteiger partial charge on any atom is -0.317 e. The van der Waals surface area contributed by atoms with Crippen molar-refractivity contribution in [1.29, 1.82) is 0 Å². The summed E-state index contributed by atoms with van der Waals surface area (Å²) < 4.78 is 11.4. The van der Waals surface area contributed by atoms with Crippen LogP contribution < -0.4 is 5.32 Å². The minimum atomic E-state index is -0.544. The summed E-state index contributed by atoms with van der Waals surface area (Å²) in [6.45, 7) is 5.61. The zero-order valence-corrected chi connectivity index (χ0v) is 12.7. The molecule has 1 saturated carbocycles. The van der Waals surface area contributed by atoms with Crippen molar-refractivity contribution in [1.82, 2.24) is 10.2 Å². The predicted octanol–water partition coefficient (Wildman–Crippen LogP) is 1.46. The minimum absolute atomic E-state index is 0.544. The van der Waals surface area contributed by atoms with Gasteiger partial charge in [0.05, 0.1) is 0 Å². The van der Waals surface area contributed by atoms with Crippen LogP contribution >= 0.6 is 0 Å². The molecule has 0 spiro atoms. The van der Waals surface area contributed by atoms with Gasteiger partial charge in [-0.1, -0.05) is 13.3 Å². The summed E-state index contributed by atoms with van der Waals surface area (Å²) in [6, 6.07) is 0.695. The van der Waals surface area contributed by atoms with Gasteiger partial charge < -0.3 is 10.2 Å². The first-order valence-corrected chi connectivity index (χ1v) is 8.96. The van der Waals surface area contributed by atoms with Gasteiger partial charge in [-0.25, -0.2) is 0 Å². The molecule has 1 aliphatic carbocycles. The van der Waals surface area contributed by atoms with E-state index in [0.29, 0.717) is 6.04 Å². The molecule has 0 aromatic heterocycles. The van der Waals surface area contributed by atoms with Crippen LogP contribution in [0.1, 0.15) is 32.6 Å². The zero-order valence-electron chi connectivity index (χ0n) is 11.9. The fourth-order valence-electron chi connectivity index (χ4n) is 3.50. The second-order valence-electron chi connectivity index (χ2n) is 5.89. The number of nitrogens with one attached hydrogen (secondary N) is 1. The molecule has 4 heteroatoms. The number of nitrogens with zero attached hydrogens (tertiary/aromatic N) is 1. The van der Waals surface area contributed by atoms with Crippen molar-refractivity contribution >= 4 is 10.8 Å². The summed E-state index contributed by atoms with van der Waals surface area (Å²) in [5.74, 6) is 3.49. The Kier molecular flexibility index (Phi) is 5.64. The van der Waals surface area contributed by atoms with Gasteiger partial charge in [-0.05, 0) is 38.1 Å². The van der Waals surface area contributed by atoms with Crippen LogP contribution in [-0.4, -0.2) is 53.3 Å². The highest BCUT2D eigenvalue weighted by Crippen LogP contribution is 2.31. The van der Waals surface area contributed by atoms with Crippen LogP contribution in [0.4, 0.5) is 0 Å². The van der Waals surface area contributed by atoms with E-state index in [1.54, 1.807) is 0 Å². The van der Waals surface area contributed by atoms with Gasteiger partial charge in [0.15, 0.2) is 0 Å². The molecule has 1 N–H and O–H groups in total. The molecule has 0 amide bonds. The Morgan fingerprint density at radius 1 is 1.28 bits per heavy atom. The third-order valence-electron chi connectivity index (χ3n) is 4.80. The molecule has 1 heterocycles. The lowest BCUT2D eigenvalue weighted by Crippen LogP contribution is -2.47. The lowest BCUT2D eigenvalue weighted by Gasteiger charge is -2.39. The molecule has 0 aromatic rings. The van der Waals surface area contributed by atoms with Gasteiger partial charge in [0.25, 0.3) is 0 Å². The van der Waals surface area contributed by atoms with E-state index in [-0.39, 0.29) is 0 Å². The third-order valence-corrected chi connectivity index (χ3v) is 6.08. The van der Waals surface area contributed by atoms with Crippen LogP contribution in [0.3, 0.4) is 0 Å². The highest BCUT2D eigenvalue weighted by atomic mass is 32.2. The van der Waals surface area contributed by atoms with Crippen molar-refractivity contribution in [2.75, 3.05) is 38.2 Å². The van der Waals surface area contributed by atoms with Crippen molar-refractivity contribution in [3.05, 3.63) is 0 Å². The van der Waals surface area contributed by atoms with E-state index in [1.165, 1.54) is 32.2 Å². The van der Waals surface area contributed by atoms with Gasteiger partial charge in [-0.2, -0.15) is 0 Å². The van der Waals surface area contributed by atoms with E-state index in [0.717, 1.165) is 36.4 Å². The molecule has 1 saturated heterocycles. The van der Waals surface area contributed by atoms with E-state index in [9.17, 15) is 4.21 Å². The van der Waals surface area contributed by atoms with E-state index in [2.05, 4.69) is 24.2 Å². The van der Waals surface area contributed by atoms with Gasteiger partial charge in [0.2, 0.25) is 0 Å². The molecule has 2 rings (SSSR count). The van der Waals surface area contributed by atoms with E-state index in [4.69, 9.17) is 0 Å². The van der Waals surface area contributed by atoms with Crippen LogP contribution in [0.25, 0.3) is 0 Å². The Morgan fingerprint density at radius 3 is 2.61 bits per heavy atom. The lowest BCUT2D eigenvalue weighted by molar-refractivity contribution is 0.147. The average Bonchev–Trinajstić information content (AvgIpc) is 2.41. The lowest BCUT2D eigenvalue weighted by atomic mass is 9.76. The molecule has 2 aliphatic rings. The van der Waals surface area contributed by atoms with Gasteiger partial charge in [-0.3, -0.25) is 4.21 Å². The van der Waals surface area contributed by atoms with Crippen LogP contribution in [0.15, 0.2) is 0 Å². The summed E-state index contributed by atoms with van der Waals surface area (Å²) in [4.78, 5) is 2.54. The largest absolute Gasteiger partial charge is 0.317 e. The summed E-state index contributed by atoms with van der Waals surface area (Å²) in [6.07, 6.45) is 5.43. The van der Waals surface area contributed by atoms with Crippen molar-refractivity contribution in [2.24, 2.45) is 11.8 Å². The first-order valence-electron chi connectivity index (χ1n) is 7.47. The molecular formula is C14H28N2OS. The van der Waals surface area contributed by atoms with Crippen molar-refractivity contribution in [2.45, 2.75) is 38.6 Å². The van der Waals surface area contributed by atoms with E-state index >= 15 is 0 Å². The monoisotopic (exact) mass is 272 g/mol. The zero-order chi connectivity index (χ0) is 13.0. The Morgan fingerprint density at radius 2 is 2.00 bits per heavy atom. The highest BCUT2D eigenvalue weighted by molar-refractivity contribution is 7.85. The SMILES string of the molecule is CCC1CCC(NC)C(CN2CCS(=O)CC2)C1. The molecule has 3 atom stereocenters. The van der Waals surface area contributed by atoms with Crippen LogP contribution in [-0.2, 0) is 10.8 Å². The molecule has 3 unspecified atom stereocenters. The van der Waals surface area contributed by atoms with Gasteiger partial charge in [-0.15, -0.1) is 0 Å². The normalized spacial score (nSPS) is 35.8. The second-order valence-corrected chi connectivity index (χ2v) is 7.59. The Bertz CT molecular complexity index is 275. The molecule has 3 nitrogen and oxygen atoms in total. The smallest absolute Gasteiger partial charge is 0.0363 e. The average molecular weight is 272 g/mol. The maximum atomic E-state index is 11.4. The molecule has 0 aromatic carbocycles. The summed E-state index contributed by atoms with van der Waals surface area (Å²) >= 11 is 0. The van der Waals surface area contributed by atoms with Gasteiger partial charge in [0, 0.05) is 48.0 Å². The molecule has 0 radical (unpaired) electrons. The molecule has 18 heavy (non-hydrogen) atoms. The molecule has 1 aliphatic heterocycles. The quantitative estimate of drug-likeness (QED) is 0.841. The van der Waals surface area contributed by atoms with Crippen LogP contribution in [0.2, 0.25) is 0 Å². The fraction of sp³-hybridized carbons (Fsp3) is 1.00. The molecule has 2 fully saturated rings. The van der Waals surface area contributed by atoms with Crippen molar-refractivity contribution in [3.8, 4) is 0 Å². The summed E-state index contributed by atoms with van der Waals surface area (Å²) in [5, 5.41) is 3.51. The maximum absolute atomic E-state index is 11.4. The number of rotatable bonds is 4. The number of hydrogen-bond acceptors (Lipinski definition) is 3. The first kappa shape index (κ1) is 14.5. The van der Waals surface area contributed by atoms with Crippen molar-refractivity contribution in [3.63, 3.8) is 0 Å². The third kappa shape index (κ3) is 3.78. The fourth-order valence-corrected chi connectivity index (χ4v) is 4.63. The van der Waals surface area contributed by atoms with Gasteiger partial charge >= 0.3 is 0 Å². The van der Waals surface area contributed by atoms with E-state index < -0.39 is 10.8 Å². The van der Waals surface area contributed by atoms with Crippen LogP contribution in [0, 0.1) is 11.8 Å². The molecular weight excluding hydrogens is 244 g/mol. The predicted molar refractivity (Wildman–Crippen MR) is 78.3 cm³/mol. The second kappa shape index (κ2) is 7.01. The van der Waals surface area contributed by atoms with Crippen molar-refractivity contribution < 1.29 is 4.21 Å². The first-order chi connectivity index (χ1) is 8.72. The standard InChI is InChI=1S/C14H28N2OS/c1-3-12-4-5-14(15-2)13(10-12)11-16-6-8-18(17)9-7-16/h12-15H,3-11H2,1-2H3. The molecule has 106 valence electrons. The van der Waals surface area contributed by atoms with Crippen LogP contribution in [0.5, 0.6) is 0 Å². The Balaban J connectivity index is 1.86. The maximum Gasteiger partial charge on any atom is 0.0363 e. The Labute approximate surface area is 114 Å². The highest BCUT2D eigenvalue weighted by Gasteiger charge is 2.30. The van der Waals surface area contributed by atoms with Gasteiger partial charge in [0.1, 0.15) is 0 Å². The molecule has 0 bridgehead atoms. The Hall–Kier alpha value is 0.0700. The topological polar surface area (TPSA) is 32.3 Å². The van der Waals surface area contributed by atoms with E-state index in [1.807, 2.05) is 0 Å². The summed E-state index contributed by atoms with van der Waals surface area (Å²) in [5.41, 5.74) is 0. The summed E-state index contributed by atoms with van der Waals surface area (Å²) in [7, 11) is 1.56. The number of hydrogen-bond donors (Lipinski definition) is 1.